The van der Waals surface area contributed by atoms with Crippen molar-refractivity contribution < 1.29 is 13.2 Å². The smallest absolute Gasteiger partial charge is 0.223 e. The monoisotopic (exact) mass is 334 g/mol. The van der Waals surface area contributed by atoms with Crippen molar-refractivity contribution in [3.8, 4) is 0 Å². The van der Waals surface area contributed by atoms with Gasteiger partial charge in [-0.25, -0.2) is 8.42 Å². The summed E-state index contributed by atoms with van der Waals surface area (Å²) >= 11 is 0. The van der Waals surface area contributed by atoms with Gasteiger partial charge in [0.05, 0.1) is 11.5 Å². The average molecular weight is 334 g/mol. The molecule has 2 aromatic rings. The fourth-order valence-electron chi connectivity index (χ4n) is 3.25. The van der Waals surface area contributed by atoms with Gasteiger partial charge in [-0.05, 0) is 38.0 Å². The van der Waals surface area contributed by atoms with Gasteiger partial charge in [-0.3, -0.25) is 4.79 Å². The van der Waals surface area contributed by atoms with E-state index in [0.717, 1.165) is 16.5 Å². The third kappa shape index (κ3) is 3.42. The number of aromatic nitrogens is 1. The number of aryl methyl sites for hydroxylation is 2. The topological polar surface area (TPSA) is 70.2 Å². The zero-order valence-electron chi connectivity index (χ0n) is 13.5. The van der Waals surface area contributed by atoms with Gasteiger partial charge >= 0.3 is 0 Å². The molecule has 1 aliphatic heterocycles. The summed E-state index contributed by atoms with van der Waals surface area (Å²) in [4.78, 5) is 17.4. The minimum Gasteiger partial charge on any atom is -0.361 e. The van der Waals surface area contributed by atoms with Gasteiger partial charge in [0.25, 0.3) is 0 Å². The number of hydrogen-bond donors (Lipinski definition) is 1. The number of benzene rings is 1. The lowest BCUT2D eigenvalue weighted by Gasteiger charge is -2.33. The van der Waals surface area contributed by atoms with Gasteiger partial charge in [0, 0.05) is 36.1 Å². The summed E-state index contributed by atoms with van der Waals surface area (Å²) in [6.07, 6.45) is 3.03. The van der Waals surface area contributed by atoms with E-state index >= 15 is 0 Å². The van der Waals surface area contributed by atoms with Crippen LogP contribution in [0.25, 0.3) is 10.9 Å². The van der Waals surface area contributed by atoms with Crippen molar-refractivity contribution >= 4 is 26.6 Å². The maximum atomic E-state index is 12.4. The normalized spacial score (nSPS) is 20.8. The minimum absolute atomic E-state index is 0.0365. The number of carbonyl (C=O) groups excluding carboxylic acids is 1. The van der Waals surface area contributed by atoms with Crippen molar-refractivity contribution in [2.75, 3.05) is 18.1 Å². The molecular weight excluding hydrogens is 312 g/mol. The zero-order valence-corrected chi connectivity index (χ0v) is 14.3. The van der Waals surface area contributed by atoms with Crippen LogP contribution < -0.4 is 0 Å². The van der Waals surface area contributed by atoms with Crippen LogP contribution in [0.3, 0.4) is 0 Å². The predicted molar refractivity (Wildman–Crippen MR) is 91.2 cm³/mol. The summed E-state index contributed by atoms with van der Waals surface area (Å²) in [5.41, 5.74) is 3.41. The summed E-state index contributed by atoms with van der Waals surface area (Å²) < 4.78 is 23.2. The van der Waals surface area contributed by atoms with Crippen LogP contribution in [0.1, 0.15) is 24.5 Å². The highest BCUT2D eigenvalue weighted by Gasteiger charge is 2.30. The van der Waals surface area contributed by atoms with E-state index < -0.39 is 9.84 Å². The summed E-state index contributed by atoms with van der Waals surface area (Å²) in [5.74, 6) is 0.190. The van der Waals surface area contributed by atoms with Crippen LogP contribution in [0.5, 0.6) is 0 Å². The van der Waals surface area contributed by atoms with E-state index in [1.54, 1.807) is 4.90 Å². The SMILES string of the molecule is Cc1ccc2[nH]cc(CCC(=O)N3CCS(=O)(=O)CC3C)c2c1. The van der Waals surface area contributed by atoms with Gasteiger partial charge in [0.15, 0.2) is 9.84 Å². The number of nitrogens with one attached hydrogen (secondary N) is 1. The molecular formula is C17H22N2O3S. The van der Waals surface area contributed by atoms with Gasteiger partial charge in [0.2, 0.25) is 5.91 Å². The number of fused-ring (bicyclic) bond motifs is 1. The minimum atomic E-state index is -2.99. The molecule has 0 spiro atoms. The Bertz CT molecular complexity index is 839. The van der Waals surface area contributed by atoms with Crippen LogP contribution in [-0.4, -0.2) is 48.3 Å². The Morgan fingerprint density at radius 1 is 1.39 bits per heavy atom. The lowest BCUT2D eigenvalue weighted by atomic mass is 10.1. The lowest BCUT2D eigenvalue weighted by Crippen LogP contribution is -2.49. The van der Waals surface area contributed by atoms with Crippen LogP contribution in [-0.2, 0) is 21.1 Å². The molecule has 1 fully saturated rings. The molecule has 3 rings (SSSR count). The maximum Gasteiger partial charge on any atom is 0.223 e. The second kappa shape index (κ2) is 6.00. The van der Waals surface area contributed by atoms with Gasteiger partial charge in [-0.2, -0.15) is 0 Å². The molecule has 1 N–H and O–H groups in total. The Labute approximate surface area is 136 Å². The molecule has 5 nitrogen and oxygen atoms in total. The highest BCUT2D eigenvalue weighted by atomic mass is 32.2. The van der Waals surface area contributed by atoms with Gasteiger partial charge in [-0.1, -0.05) is 11.6 Å². The fourth-order valence-corrected chi connectivity index (χ4v) is 4.81. The molecule has 2 heterocycles. The van der Waals surface area contributed by atoms with Crippen LogP contribution in [0, 0.1) is 6.92 Å². The molecule has 6 heteroatoms. The first-order valence-corrected chi connectivity index (χ1v) is 9.74. The highest BCUT2D eigenvalue weighted by molar-refractivity contribution is 7.91. The van der Waals surface area contributed by atoms with E-state index in [1.165, 1.54) is 5.56 Å². The second-order valence-corrected chi connectivity index (χ2v) is 8.64. The first kappa shape index (κ1) is 16.1. The molecule has 1 amide bonds. The number of sulfone groups is 1. The Kier molecular flexibility index (Phi) is 4.19. The van der Waals surface area contributed by atoms with Crippen molar-refractivity contribution in [2.45, 2.75) is 32.7 Å². The molecule has 23 heavy (non-hydrogen) atoms. The third-order valence-corrected chi connectivity index (χ3v) is 6.32. The van der Waals surface area contributed by atoms with Gasteiger partial charge < -0.3 is 9.88 Å². The lowest BCUT2D eigenvalue weighted by molar-refractivity contribution is -0.132. The maximum absolute atomic E-state index is 12.4. The molecule has 1 aliphatic rings. The predicted octanol–water partition coefficient (Wildman–Crippen LogP) is 2.05. The van der Waals surface area contributed by atoms with Crippen LogP contribution in [0.15, 0.2) is 24.4 Å². The number of amides is 1. The summed E-state index contributed by atoms with van der Waals surface area (Å²) in [7, 11) is -2.99. The van der Waals surface area contributed by atoms with E-state index in [0.29, 0.717) is 19.4 Å². The molecule has 1 aromatic heterocycles. The van der Waals surface area contributed by atoms with Crippen molar-refractivity contribution in [1.29, 1.82) is 0 Å². The standard InChI is InChI=1S/C17H22N2O3S/c1-12-3-5-16-15(9-12)14(10-18-16)4-6-17(20)19-7-8-23(21,22)11-13(19)2/h3,5,9-10,13,18H,4,6-8,11H2,1-2H3. The Hall–Kier alpha value is -1.82. The van der Waals surface area contributed by atoms with Crippen LogP contribution in [0.2, 0.25) is 0 Å². The average Bonchev–Trinajstić information content (AvgIpc) is 2.86. The number of nitrogens with zero attached hydrogens (tertiary/aromatic N) is 1. The van der Waals surface area contributed by atoms with E-state index in [4.69, 9.17) is 0 Å². The van der Waals surface area contributed by atoms with Gasteiger partial charge in [0.1, 0.15) is 0 Å². The zero-order chi connectivity index (χ0) is 16.6. The number of carbonyl (C=O) groups is 1. The number of H-pyrrole nitrogens is 1. The highest BCUT2D eigenvalue weighted by Crippen LogP contribution is 2.22. The molecule has 0 radical (unpaired) electrons. The van der Waals surface area contributed by atoms with Crippen molar-refractivity contribution in [2.24, 2.45) is 0 Å². The van der Waals surface area contributed by atoms with E-state index in [2.05, 4.69) is 24.0 Å². The van der Waals surface area contributed by atoms with Crippen LogP contribution >= 0.6 is 0 Å². The molecule has 1 saturated heterocycles. The fraction of sp³-hybridized carbons (Fsp3) is 0.471. The van der Waals surface area contributed by atoms with E-state index in [-0.39, 0.29) is 23.5 Å². The Balaban J connectivity index is 1.68. The van der Waals surface area contributed by atoms with Crippen molar-refractivity contribution in [1.82, 2.24) is 9.88 Å². The first-order chi connectivity index (χ1) is 10.9. The van der Waals surface area contributed by atoms with E-state index in [1.807, 2.05) is 19.2 Å². The van der Waals surface area contributed by atoms with Crippen LogP contribution in [0.4, 0.5) is 0 Å². The summed E-state index contributed by atoms with van der Waals surface area (Å²) in [5, 5.41) is 1.16. The molecule has 1 aromatic carbocycles. The molecule has 0 aliphatic carbocycles. The molecule has 0 bridgehead atoms. The largest absolute Gasteiger partial charge is 0.361 e. The van der Waals surface area contributed by atoms with Crippen molar-refractivity contribution in [3.05, 3.63) is 35.5 Å². The summed E-state index contributed by atoms with van der Waals surface area (Å²) in [6.45, 7) is 4.18. The first-order valence-electron chi connectivity index (χ1n) is 7.92. The Morgan fingerprint density at radius 2 is 2.17 bits per heavy atom. The second-order valence-electron chi connectivity index (χ2n) is 6.41. The quantitative estimate of drug-likeness (QED) is 0.934. The molecule has 0 saturated carbocycles. The molecule has 1 atom stereocenters. The third-order valence-electron chi connectivity index (χ3n) is 4.52. The van der Waals surface area contributed by atoms with Crippen molar-refractivity contribution in [3.63, 3.8) is 0 Å². The number of hydrogen-bond acceptors (Lipinski definition) is 3. The van der Waals surface area contributed by atoms with Gasteiger partial charge in [-0.15, -0.1) is 0 Å². The number of rotatable bonds is 3. The summed E-state index contributed by atoms with van der Waals surface area (Å²) in [6, 6.07) is 6.00. The Morgan fingerprint density at radius 3 is 2.91 bits per heavy atom. The van der Waals surface area contributed by atoms with E-state index in [9.17, 15) is 13.2 Å². The number of aromatic amines is 1. The molecule has 124 valence electrons. The molecule has 1 unspecified atom stereocenters.